The maximum atomic E-state index is 15.6. The van der Waals surface area contributed by atoms with Gasteiger partial charge in [-0.15, -0.1) is 0 Å². The average Bonchev–Trinajstić information content (AvgIpc) is 3.41. The first-order valence-corrected chi connectivity index (χ1v) is 10.8. The fourth-order valence-electron chi connectivity index (χ4n) is 4.92. The third kappa shape index (κ3) is 2.52. The van der Waals surface area contributed by atoms with Crippen molar-refractivity contribution in [3.05, 3.63) is 109 Å². The van der Waals surface area contributed by atoms with Crippen molar-refractivity contribution in [2.75, 3.05) is 0 Å². The molecule has 7 rings (SSSR count). The predicted octanol–water partition coefficient (Wildman–Crippen LogP) is 7.88. The summed E-state index contributed by atoms with van der Waals surface area (Å²) < 4.78 is 24.0. The van der Waals surface area contributed by atoms with Crippen LogP contribution in [0.25, 0.3) is 60.7 Å². The molecule has 0 saturated heterocycles. The Morgan fingerprint density at radius 2 is 1.27 bits per heavy atom. The second kappa shape index (κ2) is 6.78. The molecule has 0 amide bonds. The van der Waals surface area contributed by atoms with Crippen LogP contribution in [0.1, 0.15) is 0 Å². The van der Waals surface area contributed by atoms with Gasteiger partial charge >= 0.3 is 0 Å². The molecule has 0 saturated carbocycles. The third-order valence-corrected chi connectivity index (χ3v) is 6.34. The molecule has 33 heavy (non-hydrogen) atoms. The largest absolute Gasteiger partial charge is 0.453 e. The molecule has 3 heterocycles. The first-order chi connectivity index (χ1) is 16.3. The summed E-state index contributed by atoms with van der Waals surface area (Å²) in [4.78, 5) is 4.50. The molecule has 3 aromatic heterocycles. The highest BCUT2D eigenvalue weighted by Gasteiger charge is 2.22. The standard InChI is InChI=1S/C29H17FN2O/c30-23-16-15-21-20-10-7-11-22(24-12-5-6-17-31-24)28(20)33-29(21)27(23)32-25-13-3-1-8-18(25)19-9-2-4-14-26(19)32/h1-17H. The van der Waals surface area contributed by atoms with E-state index in [0.29, 0.717) is 16.9 Å². The van der Waals surface area contributed by atoms with Crippen molar-refractivity contribution in [3.8, 4) is 16.9 Å². The smallest absolute Gasteiger partial charge is 0.162 e. The lowest BCUT2D eigenvalue weighted by Gasteiger charge is -2.09. The molecule has 0 bridgehead atoms. The number of benzene rings is 4. The molecule has 0 aliphatic carbocycles. The minimum absolute atomic E-state index is 0.326. The summed E-state index contributed by atoms with van der Waals surface area (Å²) in [5.74, 6) is -0.326. The van der Waals surface area contributed by atoms with Crippen molar-refractivity contribution in [2.24, 2.45) is 0 Å². The van der Waals surface area contributed by atoms with E-state index < -0.39 is 0 Å². The second-order valence-electron chi connectivity index (χ2n) is 8.14. The lowest BCUT2D eigenvalue weighted by Crippen LogP contribution is -1.98. The van der Waals surface area contributed by atoms with E-state index in [1.807, 2.05) is 77.4 Å². The van der Waals surface area contributed by atoms with Crippen molar-refractivity contribution >= 4 is 43.7 Å². The first-order valence-electron chi connectivity index (χ1n) is 10.8. The van der Waals surface area contributed by atoms with Gasteiger partial charge in [0.1, 0.15) is 11.3 Å². The summed E-state index contributed by atoms with van der Waals surface area (Å²) in [6, 6.07) is 31.3. The molecule has 4 aromatic carbocycles. The van der Waals surface area contributed by atoms with E-state index in [1.165, 1.54) is 6.07 Å². The number of fused-ring (bicyclic) bond motifs is 6. The van der Waals surface area contributed by atoms with Gasteiger partial charge in [0, 0.05) is 33.3 Å². The summed E-state index contributed by atoms with van der Waals surface area (Å²) in [5, 5.41) is 3.97. The molecule has 0 radical (unpaired) electrons. The van der Waals surface area contributed by atoms with E-state index in [2.05, 4.69) is 17.1 Å². The number of rotatable bonds is 2. The van der Waals surface area contributed by atoms with Crippen LogP contribution in [0.15, 0.2) is 108 Å². The summed E-state index contributed by atoms with van der Waals surface area (Å²) in [7, 11) is 0. The fourth-order valence-corrected chi connectivity index (χ4v) is 4.92. The van der Waals surface area contributed by atoms with Gasteiger partial charge in [0.15, 0.2) is 11.4 Å². The molecule has 0 unspecified atom stereocenters. The molecule has 7 aromatic rings. The fraction of sp³-hybridized carbons (Fsp3) is 0. The summed E-state index contributed by atoms with van der Waals surface area (Å²) in [6.07, 6.45) is 1.76. The van der Waals surface area contributed by atoms with Crippen LogP contribution in [0, 0.1) is 5.82 Å². The van der Waals surface area contributed by atoms with Crippen molar-refractivity contribution < 1.29 is 8.81 Å². The first kappa shape index (κ1) is 18.2. The van der Waals surface area contributed by atoms with Gasteiger partial charge in [-0.3, -0.25) is 4.98 Å². The molecular formula is C29H17FN2O. The number of para-hydroxylation sites is 3. The lowest BCUT2D eigenvalue weighted by atomic mass is 10.1. The molecule has 0 N–H and O–H groups in total. The Morgan fingerprint density at radius 1 is 0.606 bits per heavy atom. The SMILES string of the molecule is Fc1ccc2c(oc3c(-c4ccccn4)cccc32)c1-n1c2ccccc2c2ccccc21. The number of halogens is 1. The Hall–Kier alpha value is -4.44. The van der Waals surface area contributed by atoms with Crippen LogP contribution in [-0.4, -0.2) is 9.55 Å². The monoisotopic (exact) mass is 428 g/mol. The molecular weight excluding hydrogens is 411 g/mol. The van der Waals surface area contributed by atoms with Crippen LogP contribution < -0.4 is 0 Å². The van der Waals surface area contributed by atoms with Crippen LogP contribution in [0.5, 0.6) is 0 Å². The zero-order valence-corrected chi connectivity index (χ0v) is 17.5. The molecule has 0 spiro atoms. The lowest BCUT2D eigenvalue weighted by molar-refractivity contribution is 0.610. The molecule has 0 fully saturated rings. The van der Waals surface area contributed by atoms with E-state index in [1.54, 1.807) is 12.3 Å². The number of furan rings is 1. The topological polar surface area (TPSA) is 31.0 Å². The average molecular weight is 428 g/mol. The van der Waals surface area contributed by atoms with E-state index in [4.69, 9.17) is 4.42 Å². The number of aromatic nitrogens is 2. The number of pyridine rings is 1. The van der Waals surface area contributed by atoms with E-state index >= 15 is 4.39 Å². The second-order valence-corrected chi connectivity index (χ2v) is 8.14. The van der Waals surface area contributed by atoms with Crippen molar-refractivity contribution in [2.45, 2.75) is 0 Å². The van der Waals surface area contributed by atoms with Gasteiger partial charge in [-0.25, -0.2) is 4.39 Å². The van der Waals surface area contributed by atoms with Crippen LogP contribution in [0.3, 0.4) is 0 Å². The Labute approximate surface area is 188 Å². The van der Waals surface area contributed by atoms with Gasteiger partial charge in [0.2, 0.25) is 0 Å². The van der Waals surface area contributed by atoms with Crippen LogP contribution in [0.4, 0.5) is 4.39 Å². The Kier molecular flexibility index (Phi) is 3.73. The number of hydrogen-bond acceptors (Lipinski definition) is 2. The van der Waals surface area contributed by atoms with Gasteiger partial charge in [0.25, 0.3) is 0 Å². The highest BCUT2D eigenvalue weighted by Crippen LogP contribution is 2.41. The number of hydrogen-bond donors (Lipinski definition) is 0. The zero-order valence-electron chi connectivity index (χ0n) is 17.5. The van der Waals surface area contributed by atoms with Gasteiger partial charge in [-0.05, 0) is 42.5 Å². The summed E-state index contributed by atoms with van der Waals surface area (Å²) in [6.45, 7) is 0. The maximum absolute atomic E-state index is 15.6. The summed E-state index contributed by atoms with van der Waals surface area (Å²) >= 11 is 0. The maximum Gasteiger partial charge on any atom is 0.162 e. The minimum atomic E-state index is -0.326. The van der Waals surface area contributed by atoms with Crippen molar-refractivity contribution in [3.63, 3.8) is 0 Å². The molecule has 0 aliphatic rings. The summed E-state index contributed by atoms with van der Waals surface area (Å²) in [5.41, 5.74) is 5.25. The Morgan fingerprint density at radius 3 is 2.00 bits per heavy atom. The van der Waals surface area contributed by atoms with Gasteiger partial charge in [0.05, 0.1) is 16.7 Å². The van der Waals surface area contributed by atoms with E-state index in [9.17, 15) is 0 Å². The van der Waals surface area contributed by atoms with Crippen molar-refractivity contribution in [1.82, 2.24) is 9.55 Å². The van der Waals surface area contributed by atoms with Gasteiger partial charge < -0.3 is 8.98 Å². The zero-order chi connectivity index (χ0) is 21.9. The van der Waals surface area contributed by atoms with Gasteiger partial charge in [-0.1, -0.05) is 54.6 Å². The predicted molar refractivity (Wildman–Crippen MR) is 131 cm³/mol. The Balaban J connectivity index is 1.64. The number of nitrogens with zero attached hydrogens (tertiary/aromatic N) is 2. The highest BCUT2D eigenvalue weighted by molar-refractivity contribution is 6.14. The van der Waals surface area contributed by atoms with Crippen LogP contribution in [-0.2, 0) is 0 Å². The quantitative estimate of drug-likeness (QED) is 0.280. The molecule has 156 valence electrons. The van der Waals surface area contributed by atoms with E-state index in [0.717, 1.165) is 43.8 Å². The third-order valence-electron chi connectivity index (χ3n) is 6.34. The molecule has 0 atom stereocenters. The van der Waals surface area contributed by atoms with Crippen molar-refractivity contribution in [1.29, 1.82) is 0 Å². The van der Waals surface area contributed by atoms with E-state index in [-0.39, 0.29) is 5.82 Å². The van der Waals surface area contributed by atoms with Gasteiger partial charge in [-0.2, -0.15) is 0 Å². The molecule has 3 nitrogen and oxygen atoms in total. The Bertz CT molecular complexity index is 1780. The molecule has 4 heteroatoms. The van der Waals surface area contributed by atoms with Crippen LogP contribution in [0.2, 0.25) is 0 Å². The van der Waals surface area contributed by atoms with Crippen LogP contribution >= 0.6 is 0 Å². The normalized spacial score (nSPS) is 11.8. The minimum Gasteiger partial charge on any atom is -0.453 e. The highest BCUT2D eigenvalue weighted by atomic mass is 19.1. The molecule has 0 aliphatic heterocycles.